The number of alkyl carbamates (subject to hydrolysis) is 2. The van der Waals surface area contributed by atoms with Gasteiger partial charge in [-0.3, -0.25) is 9.59 Å². The number of nitrogens with zero attached hydrogens (tertiary/aromatic N) is 5. The van der Waals surface area contributed by atoms with Gasteiger partial charge < -0.3 is 39.9 Å². The van der Waals surface area contributed by atoms with Crippen molar-refractivity contribution >= 4 is 34.8 Å². The molecule has 4 aromatic carbocycles. The van der Waals surface area contributed by atoms with Crippen LogP contribution in [0.25, 0.3) is 44.4 Å². The van der Waals surface area contributed by atoms with Gasteiger partial charge in [-0.1, -0.05) is 99.6 Å². The van der Waals surface area contributed by atoms with Gasteiger partial charge in [0.25, 0.3) is 0 Å². The molecule has 0 spiro atoms. The highest BCUT2D eigenvalue weighted by Gasteiger charge is 2.31. The Morgan fingerprint density at radius 3 is 1.83 bits per heavy atom. The van der Waals surface area contributed by atoms with E-state index < -0.39 is 30.2 Å². The summed E-state index contributed by atoms with van der Waals surface area (Å²) in [7, 11) is 2.51. The summed E-state index contributed by atoms with van der Waals surface area (Å²) in [6.07, 6.45) is 2.81. The number of rotatable bonds is 17. The van der Waals surface area contributed by atoms with Crippen molar-refractivity contribution in [1.82, 2.24) is 40.4 Å². The quantitative estimate of drug-likeness (QED) is 0.0703. The maximum Gasteiger partial charge on any atom is 0.407 e. The molecule has 3 atom stereocenters. The lowest BCUT2D eigenvalue weighted by Crippen LogP contribution is -2.51. The van der Waals surface area contributed by atoms with E-state index in [1.165, 1.54) is 14.2 Å². The molecule has 326 valence electrons. The summed E-state index contributed by atoms with van der Waals surface area (Å²) in [6.45, 7) is 8.40. The SMILES string of the molecule is CCCN(Cc1ncc(-c2ccc(-c3ccc4cc(-c5cnc(CN(C[C@H](C)C#N)C(=O)[C@@H](NC(=O)OC)C(C)C)[nH]5)ccc4c3)cc2)[nH]1)C(=O)[C@H](NC(=O)OC)c1ccccc1. The predicted octanol–water partition coefficient (Wildman–Crippen LogP) is 7.99. The highest BCUT2D eigenvalue weighted by molar-refractivity contribution is 5.91. The van der Waals surface area contributed by atoms with Gasteiger partial charge >= 0.3 is 12.2 Å². The van der Waals surface area contributed by atoms with Gasteiger partial charge in [-0.05, 0) is 64.4 Å². The van der Waals surface area contributed by atoms with Gasteiger partial charge in [0.15, 0.2) is 0 Å². The summed E-state index contributed by atoms with van der Waals surface area (Å²) in [5, 5.41) is 16.9. The van der Waals surface area contributed by atoms with Crippen LogP contribution in [-0.4, -0.2) is 87.1 Å². The monoisotopic (exact) mass is 851 g/mol. The van der Waals surface area contributed by atoms with E-state index in [-0.39, 0.29) is 37.4 Å². The molecule has 0 fully saturated rings. The third kappa shape index (κ3) is 11.3. The molecule has 4 N–H and O–H groups in total. The highest BCUT2D eigenvalue weighted by Crippen LogP contribution is 2.30. The first-order valence-electron chi connectivity index (χ1n) is 20.8. The van der Waals surface area contributed by atoms with Gasteiger partial charge in [-0.15, -0.1) is 0 Å². The number of nitrogens with one attached hydrogen (secondary N) is 4. The second kappa shape index (κ2) is 20.9. The molecule has 0 aliphatic heterocycles. The number of hydrogen-bond acceptors (Lipinski definition) is 9. The van der Waals surface area contributed by atoms with E-state index in [1.54, 1.807) is 41.2 Å². The summed E-state index contributed by atoms with van der Waals surface area (Å²) in [4.78, 5) is 70.8. The zero-order valence-electron chi connectivity index (χ0n) is 36.3. The lowest BCUT2D eigenvalue weighted by Gasteiger charge is -2.29. The second-order valence-electron chi connectivity index (χ2n) is 15.7. The van der Waals surface area contributed by atoms with Crippen molar-refractivity contribution in [3.05, 3.63) is 121 Å². The highest BCUT2D eigenvalue weighted by atomic mass is 16.5. The van der Waals surface area contributed by atoms with Crippen LogP contribution in [0.5, 0.6) is 0 Å². The standard InChI is InChI=1S/C48H53N9O6/c1-7-21-56(46(59)44(55-48(61)63-6)34-11-9-8-10-12-34)28-41-50-25-39(52-41)33-15-13-32(14-16-33)35-17-18-37-23-38(20-19-36(37)22-35)40-26-51-42(53-40)29-57(27-31(4)24-49)45(58)43(30(2)3)54-47(60)62-5/h8-20,22-23,25-26,30-31,43-44H,7,21,27-29H2,1-6H3,(H,50,52)(H,51,53)(H,54,60)(H,55,61)/t31-,43+,44-/m1/s1. The summed E-state index contributed by atoms with van der Waals surface area (Å²) in [5.41, 5.74) is 6.20. The Morgan fingerprint density at radius 1 is 0.698 bits per heavy atom. The van der Waals surface area contributed by atoms with Gasteiger partial charge in [0.05, 0.1) is 63.1 Å². The van der Waals surface area contributed by atoms with Gasteiger partial charge in [-0.25, -0.2) is 19.6 Å². The maximum absolute atomic E-state index is 13.8. The minimum Gasteiger partial charge on any atom is -0.453 e. The fraction of sp³-hybridized carbons (Fsp3) is 0.312. The number of aromatic nitrogens is 4. The number of amides is 4. The Hall–Kier alpha value is -7.47. The Bertz CT molecular complexity index is 2560. The Kier molecular flexibility index (Phi) is 14.9. The number of carbonyl (C=O) groups excluding carboxylic acids is 4. The molecule has 0 radical (unpaired) electrons. The lowest BCUT2D eigenvalue weighted by atomic mass is 9.98. The molecule has 0 saturated carbocycles. The van der Waals surface area contributed by atoms with Gasteiger partial charge in [0.2, 0.25) is 11.8 Å². The summed E-state index contributed by atoms with van der Waals surface area (Å²) in [5.74, 6) is -0.0772. The van der Waals surface area contributed by atoms with E-state index in [4.69, 9.17) is 9.47 Å². The number of carbonyl (C=O) groups is 4. The largest absolute Gasteiger partial charge is 0.453 e. The average molecular weight is 852 g/mol. The summed E-state index contributed by atoms with van der Waals surface area (Å²) < 4.78 is 9.56. The van der Waals surface area contributed by atoms with Crippen LogP contribution >= 0.6 is 0 Å². The average Bonchev–Trinajstić information content (AvgIpc) is 3.99. The molecule has 0 aliphatic carbocycles. The smallest absolute Gasteiger partial charge is 0.407 e. The first-order valence-corrected chi connectivity index (χ1v) is 20.8. The van der Waals surface area contributed by atoms with Gasteiger partial charge in [-0.2, -0.15) is 5.26 Å². The number of ether oxygens (including phenoxy) is 2. The number of methoxy groups -OCH3 is 2. The van der Waals surface area contributed by atoms with Crippen LogP contribution in [0, 0.1) is 23.2 Å². The van der Waals surface area contributed by atoms with Crippen molar-refractivity contribution in [2.75, 3.05) is 27.3 Å². The number of hydrogen-bond donors (Lipinski definition) is 4. The molecule has 0 saturated heterocycles. The molecule has 2 aromatic heterocycles. The van der Waals surface area contributed by atoms with Crippen molar-refractivity contribution in [2.45, 2.75) is 59.3 Å². The number of fused-ring (bicyclic) bond motifs is 1. The third-order valence-corrected chi connectivity index (χ3v) is 10.7. The Balaban J connectivity index is 1.13. The van der Waals surface area contributed by atoms with E-state index >= 15 is 0 Å². The molecule has 15 nitrogen and oxygen atoms in total. The summed E-state index contributed by atoms with van der Waals surface area (Å²) >= 11 is 0. The minimum absolute atomic E-state index is 0.125. The van der Waals surface area contributed by atoms with Crippen molar-refractivity contribution in [2.24, 2.45) is 11.8 Å². The molecular formula is C48H53N9O6. The molecular weight excluding hydrogens is 799 g/mol. The fourth-order valence-electron chi connectivity index (χ4n) is 7.31. The Morgan fingerprint density at radius 2 is 1.24 bits per heavy atom. The van der Waals surface area contributed by atoms with E-state index in [9.17, 15) is 24.4 Å². The van der Waals surface area contributed by atoms with Crippen molar-refractivity contribution < 1.29 is 28.7 Å². The number of imidazole rings is 2. The van der Waals surface area contributed by atoms with E-state index in [2.05, 4.69) is 79.1 Å². The molecule has 63 heavy (non-hydrogen) atoms. The molecule has 2 heterocycles. The number of H-pyrrole nitrogens is 2. The molecule has 0 bridgehead atoms. The van der Waals surface area contributed by atoms with Crippen molar-refractivity contribution in [3.8, 4) is 39.7 Å². The molecule has 15 heteroatoms. The molecule has 6 aromatic rings. The van der Waals surface area contributed by atoms with E-state index in [0.717, 1.165) is 50.8 Å². The first kappa shape index (κ1) is 45.1. The van der Waals surface area contributed by atoms with Gasteiger partial charge in [0, 0.05) is 18.7 Å². The van der Waals surface area contributed by atoms with Crippen molar-refractivity contribution in [3.63, 3.8) is 0 Å². The third-order valence-electron chi connectivity index (χ3n) is 10.7. The topological polar surface area (TPSA) is 198 Å². The van der Waals surface area contributed by atoms with Crippen LogP contribution in [0.1, 0.15) is 57.4 Å². The molecule has 0 aliphatic rings. The first-order chi connectivity index (χ1) is 30.4. The predicted molar refractivity (Wildman–Crippen MR) is 239 cm³/mol. The van der Waals surface area contributed by atoms with Crippen LogP contribution in [0.3, 0.4) is 0 Å². The fourth-order valence-corrected chi connectivity index (χ4v) is 7.31. The zero-order chi connectivity index (χ0) is 45.0. The zero-order valence-corrected chi connectivity index (χ0v) is 36.3. The van der Waals surface area contributed by atoms with Crippen LogP contribution in [0.2, 0.25) is 0 Å². The Labute approximate surface area is 366 Å². The van der Waals surface area contributed by atoms with Crippen LogP contribution < -0.4 is 10.6 Å². The van der Waals surface area contributed by atoms with Crippen molar-refractivity contribution in [1.29, 1.82) is 5.26 Å². The molecule has 4 amide bonds. The van der Waals surface area contributed by atoms with E-state index in [0.29, 0.717) is 23.8 Å². The number of aromatic amines is 2. The lowest BCUT2D eigenvalue weighted by molar-refractivity contribution is -0.135. The molecule has 0 unspecified atom stereocenters. The minimum atomic E-state index is -0.912. The number of benzene rings is 4. The van der Waals surface area contributed by atoms with Crippen LogP contribution in [0.15, 0.2) is 103 Å². The normalized spacial score (nSPS) is 12.5. The van der Waals surface area contributed by atoms with E-state index in [1.807, 2.05) is 57.2 Å². The van der Waals surface area contributed by atoms with Crippen LogP contribution in [0.4, 0.5) is 9.59 Å². The molecule has 6 rings (SSSR count). The number of nitriles is 1. The van der Waals surface area contributed by atoms with Gasteiger partial charge in [0.1, 0.15) is 23.7 Å². The maximum atomic E-state index is 13.8. The second-order valence-corrected chi connectivity index (χ2v) is 15.7. The summed E-state index contributed by atoms with van der Waals surface area (Å²) in [6, 6.07) is 30.2. The van der Waals surface area contributed by atoms with Crippen LogP contribution in [-0.2, 0) is 32.2 Å².